The summed E-state index contributed by atoms with van der Waals surface area (Å²) in [7, 11) is -3.14. The number of pyridine rings is 1. The number of halogens is 3. The van der Waals surface area contributed by atoms with Gasteiger partial charge in [-0.05, 0) is 42.8 Å². The number of ether oxygens (including phenoxy) is 2. The van der Waals surface area contributed by atoms with Crippen LogP contribution in [0.1, 0.15) is 22.3 Å². The number of nitriles is 1. The molecule has 13 heteroatoms. The Hall–Kier alpha value is -3.85. The van der Waals surface area contributed by atoms with Crippen LogP contribution in [0.5, 0.6) is 11.5 Å². The molecule has 1 aromatic heterocycles. The fourth-order valence-corrected chi connectivity index (χ4v) is 4.24. The van der Waals surface area contributed by atoms with Crippen molar-refractivity contribution in [1.82, 2.24) is 4.98 Å². The largest absolute Gasteiger partial charge is 0.453 e. The smallest absolute Gasteiger partial charge is 0.216 e. The second-order valence-electron chi connectivity index (χ2n) is 8.41. The van der Waals surface area contributed by atoms with E-state index in [-0.39, 0.29) is 63.0 Å². The number of nitrogens with zero attached hydrogens (tertiary/aromatic N) is 3. The van der Waals surface area contributed by atoms with Gasteiger partial charge in [0.1, 0.15) is 27.2 Å². The van der Waals surface area contributed by atoms with Gasteiger partial charge in [-0.2, -0.15) is 5.26 Å². The molecule has 0 spiro atoms. The highest BCUT2D eigenvalue weighted by Gasteiger charge is 2.19. The van der Waals surface area contributed by atoms with Gasteiger partial charge in [0.25, 0.3) is 0 Å². The molecule has 1 heterocycles. The minimum atomic E-state index is -3.14. The van der Waals surface area contributed by atoms with Crippen molar-refractivity contribution in [3.05, 3.63) is 87.3 Å². The quantitative estimate of drug-likeness (QED) is 0.104. The number of nitrogens with two attached hydrogens (primary N) is 1. The topological polar surface area (TPSA) is 140 Å². The summed E-state index contributed by atoms with van der Waals surface area (Å²) in [5.74, 6) is 5.07. The van der Waals surface area contributed by atoms with Crippen molar-refractivity contribution in [3.8, 4) is 17.6 Å². The first-order chi connectivity index (χ1) is 18.4. The molecule has 0 saturated heterocycles. The first kappa shape index (κ1) is 29.7. The Bertz CT molecular complexity index is 1590. The van der Waals surface area contributed by atoms with E-state index in [1.165, 1.54) is 30.3 Å². The molecular weight excluding hydrogens is 568 g/mol. The minimum Gasteiger partial charge on any atom is -0.453 e. The number of anilines is 1. The Balaban J connectivity index is 1.78. The van der Waals surface area contributed by atoms with Crippen LogP contribution in [-0.4, -0.2) is 37.9 Å². The Kier molecular flexibility index (Phi) is 9.75. The molecule has 0 amide bonds. The van der Waals surface area contributed by atoms with Crippen LogP contribution >= 0.6 is 23.2 Å². The molecular formula is C26H24Cl2FN5O4S. The van der Waals surface area contributed by atoms with Crippen LogP contribution < -0.4 is 15.9 Å². The van der Waals surface area contributed by atoms with E-state index >= 15 is 4.39 Å². The van der Waals surface area contributed by atoms with Gasteiger partial charge in [0, 0.05) is 35.1 Å². The third kappa shape index (κ3) is 8.32. The minimum absolute atomic E-state index is 0.00499. The van der Waals surface area contributed by atoms with E-state index in [9.17, 15) is 8.42 Å². The van der Waals surface area contributed by atoms with Crippen LogP contribution in [0.3, 0.4) is 0 Å². The third-order valence-corrected chi connectivity index (χ3v) is 6.72. The van der Waals surface area contributed by atoms with E-state index in [4.69, 9.17) is 43.8 Å². The zero-order valence-electron chi connectivity index (χ0n) is 21.0. The van der Waals surface area contributed by atoms with Crippen molar-refractivity contribution >= 4 is 50.5 Å². The lowest BCUT2D eigenvalue weighted by atomic mass is 10.1. The number of nitrogens with one attached hydrogen (secondary N) is 1. The molecule has 0 unspecified atom stereocenters. The molecule has 2 aromatic carbocycles. The van der Waals surface area contributed by atoms with Crippen LogP contribution in [0.15, 0.2) is 54.3 Å². The Morgan fingerprint density at radius 3 is 2.69 bits per heavy atom. The summed E-state index contributed by atoms with van der Waals surface area (Å²) in [5, 5.41) is 15.9. The van der Waals surface area contributed by atoms with Gasteiger partial charge in [-0.1, -0.05) is 35.8 Å². The van der Waals surface area contributed by atoms with Gasteiger partial charge >= 0.3 is 0 Å². The molecule has 0 radical (unpaired) electrons. The number of aromatic nitrogens is 1. The monoisotopic (exact) mass is 591 g/mol. The van der Waals surface area contributed by atoms with Crippen molar-refractivity contribution < 1.29 is 22.3 Å². The number of benzene rings is 2. The maximum absolute atomic E-state index is 15.4. The highest BCUT2D eigenvalue weighted by molar-refractivity contribution is 7.90. The van der Waals surface area contributed by atoms with Gasteiger partial charge in [-0.15, -0.1) is 5.10 Å². The second kappa shape index (κ2) is 12.8. The Labute approximate surface area is 235 Å². The van der Waals surface area contributed by atoms with E-state index in [2.05, 4.69) is 22.0 Å². The first-order valence-electron chi connectivity index (χ1n) is 11.3. The lowest BCUT2D eigenvalue weighted by Crippen LogP contribution is -2.15. The first-order valence-corrected chi connectivity index (χ1v) is 14.1. The zero-order chi connectivity index (χ0) is 28.7. The van der Waals surface area contributed by atoms with Gasteiger partial charge in [0.05, 0.1) is 28.8 Å². The van der Waals surface area contributed by atoms with Crippen molar-refractivity contribution in [2.75, 3.05) is 23.9 Å². The molecule has 3 aromatic rings. The number of aryl methyl sites for hydroxylation is 1. The molecule has 0 aliphatic rings. The number of hydrogen-bond donors (Lipinski definition) is 2. The molecule has 3 rings (SSSR count). The number of hydrazone groups is 1. The van der Waals surface area contributed by atoms with E-state index in [1.807, 2.05) is 6.07 Å². The van der Waals surface area contributed by atoms with Crippen LogP contribution in [0.2, 0.25) is 10.0 Å². The summed E-state index contributed by atoms with van der Waals surface area (Å²) in [6.07, 6.45) is 2.55. The molecule has 0 fully saturated rings. The Morgan fingerprint density at radius 1 is 1.28 bits per heavy atom. The second-order valence-corrected chi connectivity index (χ2v) is 11.5. The predicted molar refractivity (Wildman–Crippen MR) is 150 cm³/mol. The fourth-order valence-electron chi connectivity index (χ4n) is 3.36. The van der Waals surface area contributed by atoms with Crippen molar-refractivity contribution in [1.29, 1.82) is 5.26 Å². The third-order valence-electron chi connectivity index (χ3n) is 5.26. The van der Waals surface area contributed by atoms with Crippen LogP contribution in [0.25, 0.3) is 5.76 Å². The summed E-state index contributed by atoms with van der Waals surface area (Å²) < 4.78 is 49.6. The number of rotatable bonds is 10. The zero-order valence-corrected chi connectivity index (χ0v) is 23.3. The number of sulfone groups is 1. The van der Waals surface area contributed by atoms with E-state index < -0.39 is 15.7 Å². The molecule has 0 saturated carbocycles. The number of hydrogen-bond acceptors (Lipinski definition) is 9. The molecule has 9 nitrogen and oxygen atoms in total. The highest BCUT2D eigenvalue weighted by Crippen LogP contribution is 2.35. The SMILES string of the molecule is C=C(O/C(Cc1ccc(Cl)c(Oc2cc(Cl)cc(C#N)c2)c1F)=N\N)c1cc(NCCS(C)(=O)=O)ncc1C. The summed E-state index contributed by atoms with van der Waals surface area (Å²) in [4.78, 5) is 4.23. The predicted octanol–water partition coefficient (Wildman–Crippen LogP) is 5.46. The van der Waals surface area contributed by atoms with E-state index in [0.717, 1.165) is 11.8 Å². The molecule has 3 N–H and O–H groups in total. The molecule has 0 atom stereocenters. The average molecular weight is 592 g/mol. The lowest BCUT2D eigenvalue weighted by Gasteiger charge is -2.15. The van der Waals surface area contributed by atoms with Crippen molar-refractivity contribution in [2.45, 2.75) is 13.3 Å². The fraction of sp³-hybridized carbons (Fsp3) is 0.192. The van der Waals surface area contributed by atoms with Gasteiger partial charge in [-0.25, -0.2) is 17.8 Å². The van der Waals surface area contributed by atoms with Crippen molar-refractivity contribution in [2.24, 2.45) is 10.9 Å². The van der Waals surface area contributed by atoms with Gasteiger partial charge < -0.3 is 20.6 Å². The summed E-state index contributed by atoms with van der Waals surface area (Å²) in [5.41, 5.74) is 1.62. The standard InChI is InChI=1S/C26H24Cl2FN5O4S/c1-15-14-33-23(32-6-7-39(3,35)36)12-21(15)16(2)37-24(34-31)10-18-4-5-22(28)26(25(18)29)38-20-9-17(13-30)8-19(27)11-20/h4-5,8-9,11-12,14H,2,6-7,10,31H2,1,3H3,(H,32,33)/b34-24-. The van der Waals surface area contributed by atoms with E-state index in [1.54, 1.807) is 19.2 Å². The van der Waals surface area contributed by atoms with Gasteiger partial charge in [0.2, 0.25) is 5.90 Å². The van der Waals surface area contributed by atoms with Crippen molar-refractivity contribution in [3.63, 3.8) is 0 Å². The Morgan fingerprint density at radius 2 is 2.03 bits per heavy atom. The molecule has 39 heavy (non-hydrogen) atoms. The maximum Gasteiger partial charge on any atom is 0.216 e. The highest BCUT2D eigenvalue weighted by atomic mass is 35.5. The summed E-state index contributed by atoms with van der Waals surface area (Å²) in [6.45, 7) is 5.88. The molecule has 0 aliphatic carbocycles. The van der Waals surface area contributed by atoms with Crippen LogP contribution in [0, 0.1) is 24.1 Å². The molecule has 0 aliphatic heterocycles. The molecule has 204 valence electrons. The van der Waals surface area contributed by atoms with E-state index in [0.29, 0.717) is 11.4 Å². The van der Waals surface area contributed by atoms with Crippen LogP contribution in [0.4, 0.5) is 10.2 Å². The lowest BCUT2D eigenvalue weighted by molar-refractivity contribution is 0.438. The van der Waals surface area contributed by atoms with Crippen LogP contribution in [-0.2, 0) is 21.0 Å². The average Bonchev–Trinajstić information content (AvgIpc) is 2.87. The van der Waals surface area contributed by atoms with Gasteiger partial charge in [0.15, 0.2) is 11.6 Å². The normalized spacial score (nSPS) is 11.5. The summed E-state index contributed by atoms with van der Waals surface area (Å²) >= 11 is 12.2. The van der Waals surface area contributed by atoms with Gasteiger partial charge in [-0.3, -0.25) is 0 Å². The maximum atomic E-state index is 15.4. The molecule has 0 bridgehead atoms. The summed E-state index contributed by atoms with van der Waals surface area (Å²) in [6, 6.07) is 10.7.